The summed E-state index contributed by atoms with van der Waals surface area (Å²) in [5, 5.41) is 4.95. The molecule has 1 fully saturated rings. The first-order valence-electron chi connectivity index (χ1n) is 11.7. The minimum atomic E-state index is -0.560. The second-order valence-electron chi connectivity index (χ2n) is 8.38. The van der Waals surface area contributed by atoms with Gasteiger partial charge in [-0.15, -0.1) is 0 Å². The van der Waals surface area contributed by atoms with Crippen molar-refractivity contribution >= 4 is 74.8 Å². The van der Waals surface area contributed by atoms with Gasteiger partial charge >= 0.3 is 0 Å². The zero-order valence-electron chi connectivity index (χ0n) is 21.0. The molecule has 2 N–H and O–H groups in total. The highest BCUT2D eigenvalue weighted by Crippen LogP contribution is 2.34. The van der Waals surface area contributed by atoms with Crippen molar-refractivity contribution in [2.45, 2.75) is 6.92 Å². The Balaban J connectivity index is 1.38. The average Bonchev–Trinajstić information content (AvgIpc) is 3.17. The number of hydrogen-bond donors (Lipinski definition) is 2. The zero-order chi connectivity index (χ0) is 27.9. The van der Waals surface area contributed by atoms with Gasteiger partial charge in [0, 0.05) is 14.9 Å². The van der Waals surface area contributed by atoms with Gasteiger partial charge in [0.05, 0.1) is 12.0 Å². The number of nitrogens with one attached hydrogen (secondary N) is 2. The quantitative estimate of drug-likeness (QED) is 0.237. The molecule has 0 atom stereocenters. The zero-order valence-corrected chi connectivity index (χ0v) is 24.0. The molecule has 1 aliphatic rings. The number of amides is 4. The Morgan fingerprint density at radius 1 is 0.974 bits per heavy atom. The molecule has 1 saturated heterocycles. The smallest absolute Gasteiger partial charge is 0.294 e. The first kappa shape index (κ1) is 28.2. The maximum absolute atomic E-state index is 12.9. The summed E-state index contributed by atoms with van der Waals surface area (Å²) in [6.45, 7) is 1.27. The van der Waals surface area contributed by atoms with Crippen LogP contribution in [0.5, 0.6) is 11.5 Å². The molecule has 1 aliphatic heterocycles. The molecule has 0 radical (unpaired) electrons. The van der Waals surface area contributed by atoms with Crippen molar-refractivity contribution in [1.29, 1.82) is 0 Å². The number of aryl methyl sites for hydroxylation is 1. The van der Waals surface area contributed by atoms with Crippen molar-refractivity contribution in [2.75, 3.05) is 30.9 Å². The fourth-order valence-electron chi connectivity index (χ4n) is 3.60. The second kappa shape index (κ2) is 12.8. The van der Waals surface area contributed by atoms with E-state index in [1.165, 1.54) is 7.11 Å². The van der Waals surface area contributed by atoms with Crippen LogP contribution in [0.25, 0.3) is 6.08 Å². The maximum atomic E-state index is 12.9. The van der Waals surface area contributed by atoms with Crippen LogP contribution in [0.4, 0.5) is 16.2 Å². The third-order valence-electron chi connectivity index (χ3n) is 5.57. The molecule has 4 amide bonds. The van der Waals surface area contributed by atoms with E-state index in [9.17, 15) is 19.2 Å². The molecule has 9 nitrogen and oxygen atoms in total. The number of imide groups is 1. The molecule has 4 rings (SSSR count). The molecule has 3 aromatic rings. The number of benzene rings is 3. The largest absolute Gasteiger partial charge is 0.493 e. The predicted octanol–water partition coefficient (Wildman–Crippen LogP) is 5.30. The number of carbonyl (C=O) groups is 4. The van der Waals surface area contributed by atoms with Gasteiger partial charge < -0.3 is 20.1 Å². The number of hydrogen-bond acceptors (Lipinski definition) is 7. The summed E-state index contributed by atoms with van der Waals surface area (Å²) in [5.74, 6) is -0.669. The highest BCUT2D eigenvalue weighted by molar-refractivity contribution is 14.1. The van der Waals surface area contributed by atoms with Gasteiger partial charge in [-0.3, -0.25) is 24.1 Å². The van der Waals surface area contributed by atoms with E-state index in [0.29, 0.717) is 28.4 Å². The van der Waals surface area contributed by atoms with Crippen LogP contribution in [-0.2, 0) is 14.4 Å². The van der Waals surface area contributed by atoms with E-state index in [-0.39, 0.29) is 17.4 Å². The lowest BCUT2D eigenvalue weighted by molar-refractivity contribution is -0.127. The van der Waals surface area contributed by atoms with Crippen LogP contribution in [0.3, 0.4) is 0 Å². The average molecular weight is 657 g/mol. The third-order valence-corrected chi connectivity index (χ3v) is 7.19. The van der Waals surface area contributed by atoms with Crippen LogP contribution in [0.2, 0.25) is 0 Å². The third kappa shape index (κ3) is 7.39. The van der Waals surface area contributed by atoms with E-state index >= 15 is 0 Å². The molecule has 0 spiro atoms. The summed E-state index contributed by atoms with van der Waals surface area (Å²) in [5.41, 5.74) is 2.79. The standard InChI is InChI=1S/C28H24IN3O6S/c1-17-5-3-4-6-21(17)31-26(34)16-38-22-12-7-18(13-23(22)37-2)14-24-27(35)32(28(36)39-24)15-25(33)30-20-10-8-19(29)9-11-20/h3-14H,15-16H2,1-2H3,(H,30,33)(H,31,34)/b24-14-. The summed E-state index contributed by atoms with van der Waals surface area (Å²) < 4.78 is 12.1. The maximum Gasteiger partial charge on any atom is 0.294 e. The van der Waals surface area contributed by atoms with Crippen LogP contribution in [0.1, 0.15) is 11.1 Å². The number of ether oxygens (including phenoxy) is 2. The molecule has 3 aromatic carbocycles. The van der Waals surface area contributed by atoms with Crippen LogP contribution >= 0.6 is 34.4 Å². The number of rotatable bonds is 9. The monoisotopic (exact) mass is 657 g/mol. The summed E-state index contributed by atoms with van der Waals surface area (Å²) in [7, 11) is 1.46. The number of nitrogens with zero attached hydrogens (tertiary/aromatic N) is 1. The Bertz CT molecular complexity index is 1460. The van der Waals surface area contributed by atoms with E-state index in [0.717, 1.165) is 25.8 Å². The van der Waals surface area contributed by atoms with Gasteiger partial charge in [-0.05, 0) is 101 Å². The minimum absolute atomic E-state index is 0.176. The normalized spacial score (nSPS) is 13.9. The molecule has 0 bridgehead atoms. The molecule has 0 saturated carbocycles. The number of methoxy groups -OCH3 is 1. The number of thioether (sulfide) groups is 1. The predicted molar refractivity (Wildman–Crippen MR) is 159 cm³/mol. The van der Waals surface area contributed by atoms with E-state index in [1.54, 1.807) is 42.5 Å². The lowest BCUT2D eigenvalue weighted by atomic mass is 10.2. The molecule has 0 aromatic heterocycles. The fourth-order valence-corrected chi connectivity index (χ4v) is 4.80. The second-order valence-corrected chi connectivity index (χ2v) is 10.6. The fraction of sp³-hybridized carbons (Fsp3) is 0.143. The van der Waals surface area contributed by atoms with E-state index < -0.39 is 23.6 Å². The van der Waals surface area contributed by atoms with Crippen LogP contribution < -0.4 is 20.1 Å². The number of para-hydroxylation sites is 1. The van der Waals surface area contributed by atoms with Crippen molar-refractivity contribution in [1.82, 2.24) is 4.90 Å². The number of anilines is 2. The number of carbonyl (C=O) groups excluding carboxylic acids is 4. The van der Waals surface area contributed by atoms with E-state index in [4.69, 9.17) is 9.47 Å². The first-order valence-corrected chi connectivity index (χ1v) is 13.6. The van der Waals surface area contributed by atoms with Crippen molar-refractivity contribution in [2.24, 2.45) is 0 Å². The van der Waals surface area contributed by atoms with Gasteiger partial charge in [0.25, 0.3) is 17.1 Å². The van der Waals surface area contributed by atoms with Crippen molar-refractivity contribution in [3.05, 3.63) is 86.3 Å². The molecule has 39 heavy (non-hydrogen) atoms. The molecule has 200 valence electrons. The van der Waals surface area contributed by atoms with Gasteiger partial charge in [0.1, 0.15) is 6.54 Å². The van der Waals surface area contributed by atoms with Crippen LogP contribution in [-0.4, -0.2) is 48.1 Å². The van der Waals surface area contributed by atoms with Crippen LogP contribution in [0.15, 0.2) is 71.6 Å². The Morgan fingerprint density at radius 3 is 2.44 bits per heavy atom. The molecular formula is C28H24IN3O6S. The summed E-state index contributed by atoms with van der Waals surface area (Å²) in [6, 6.07) is 19.5. The highest BCUT2D eigenvalue weighted by Gasteiger charge is 2.36. The highest BCUT2D eigenvalue weighted by atomic mass is 127. The van der Waals surface area contributed by atoms with E-state index in [2.05, 4.69) is 33.2 Å². The van der Waals surface area contributed by atoms with Gasteiger partial charge in [-0.2, -0.15) is 0 Å². The van der Waals surface area contributed by atoms with Crippen molar-refractivity contribution in [3.63, 3.8) is 0 Å². The lowest BCUT2D eigenvalue weighted by Crippen LogP contribution is -2.36. The first-order chi connectivity index (χ1) is 18.7. The van der Waals surface area contributed by atoms with Gasteiger partial charge in [0.2, 0.25) is 5.91 Å². The Hall–Kier alpha value is -3.84. The van der Waals surface area contributed by atoms with Gasteiger partial charge in [-0.1, -0.05) is 24.3 Å². The van der Waals surface area contributed by atoms with Gasteiger partial charge in [-0.25, -0.2) is 0 Å². The molecule has 1 heterocycles. The minimum Gasteiger partial charge on any atom is -0.493 e. The summed E-state index contributed by atoms with van der Waals surface area (Å²) in [4.78, 5) is 51.1. The molecule has 0 aliphatic carbocycles. The Labute approximate surface area is 243 Å². The van der Waals surface area contributed by atoms with Gasteiger partial charge in [0.15, 0.2) is 18.1 Å². The molecule has 11 heteroatoms. The molecular weight excluding hydrogens is 633 g/mol. The Morgan fingerprint density at radius 2 is 1.72 bits per heavy atom. The van der Waals surface area contributed by atoms with Crippen LogP contribution in [0, 0.1) is 10.5 Å². The Kier molecular flexibility index (Phi) is 9.25. The number of halogens is 1. The SMILES string of the molecule is COc1cc(/C=C2\SC(=O)N(CC(=O)Nc3ccc(I)cc3)C2=O)ccc1OCC(=O)Nc1ccccc1C. The topological polar surface area (TPSA) is 114 Å². The summed E-state index contributed by atoms with van der Waals surface area (Å²) in [6.07, 6.45) is 1.54. The lowest BCUT2D eigenvalue weighted by Gasteiger charge is -2.13. The van der Waals surface area contributed by atoms with E-state index in [1.807, 2.05) is 37.3 Å². The van der Waals surface area contributed by atoms with Crippen molar-refractivity contribution < 1.29 is 28.7 Å². The molecule has 0 unspecified atom stereocenters. The van der Waals surface area contributed by atoms with Crippen molar-refractivity contribution in [3.8, 4) is 11.5 Å². The summed E-state index contributed by atoms with van der Waals surface area (Å²) >= 11 is 2.91.